The predicted octanol–water partition coefficient (Wildman–Crippen LogP) is 4.24. The lowest BCUT2D eigenvalue weighted by Crippen LogP contribution is -2.34. The molecule has 0 radical (unpaired) electrons. The lowest BCUT2D eigenvalue weighted by Gasteiger charge is -2.39. The molecule has 2 rings (SSSR count). The molecule has 0 bridgehead atoms. The van der Waals surface area contributed by atoms with Crippen molar-refractivity contribution in [1.29, 1.82) is 0 Å². The van der Waals surface area contributed by atoms with Crippen molar-refractivity contribution in [3.8, 4) is 0 Å². The van der Waals surface area contributed by atoms with Crippen LogP contribution in [0.25, 0.3) is 0 Å². The van der Waals surface area contributed by atoms with Crippen LogP contribution in [0.3, 0.4) is 0 Å². The monoisotopic (exact) mass is 253 g/mol. The van der Waals surface area contributed by atoms with Crippen LogP contribution in [-0.2, 0) is 0 Å². The van der Waals surface area contributed by atoms with E-state index in [4.69, 9.17) is 5.73 Å². The van der Waals surface area contributed by atoms with E-state index in [1.54, 1.807) is 13.0 Å². The van der Waals surface area contributed by atoms with Crippen molar-refractivity contribution in [2.45, 2.75) is 52.0 Å². The maximum atomic E-state index is 13.9. The minimum absolute atomic E-state index is 0.0661. The predicted molar refractivity (Wildman–Crippen MR) is 69.2 cm³/mol. The maximum absolute atomic E-state index is 13.9. The molecule has 100 valence electrons. The van der Waals surface area contributed by atoms with Crippen LogP contribution < -0.4 is 5.73 Å². The first kappa shape index (κ1) is 13.5. The number of hydrogen-bond acceptors (Lipinski definition) is 1. The molecular formula is C15H21F2N. The summed E-state index contributed by atoms with van der Waals surface area (Å²) in [5, 5.41) is 0. The molecule has 1 aliphatic carbocycles. The molecule has 1 unspecified atom stereocenters. The van der Waals surface area contributed by atoms with Gasteiger partial charge in [0.25, 0.3) is 0 Å². The van der Waals surface area contributed by atoms with Gasteiger partial charge in [0.15, 0.2) is 0 Å². The van der Waals surface area contributed by atoms with Gasteiger partial charge >= 0.3 is 0 Å². The van der Waals surface area contributed by atoms with Gasteiger partial charge in [-0.15, -0.1) is 0 Å². The minimum Gasteiger partial charge on any atom is -0.323 e. The highest BCUT2D eigenvalue weighted by Crippen LogP contribution is 2.45. The van der Waals surface area contributed by atoms with Crippen molar-refractivity contribution in [3.05, 3.63) is 34.9 Å². The van der Waals surface area contributed by atoms with Gasteiger partial charge in [-0.1, -0.05) is 26.2 Å². The van der Waals surface area contributed by atoms with Crippen molar-refractivity contribution in [3.63, 3.8) is 0 Å². The van der Waals surface area contributed by atoms with Gasteiger partial charge in [0.2, 0.25) is 0 Å². The highest BCUT2D eigenvalue weighted by Gasteiger charge is 2.35. The first-order valence-electron chi connectivity index (χ1n) is 6.65. The summed E-state index contributed by atoms with van der Waals surface area (Å²) < 4.78 is 27.2. The fourth-order valence-corrected chi connectivity index (χ4v) is 2.96. The van der Waals surface area contributed by atoms with E-state index in [2.05, 4.69) is 6.92 Å². The lowest BCUT2D eigenvalue weighted by atomic mass is 9.69. The van der Waals surface area contributed by atoms with Crippen molar-refractivity contribution < 1.29 is 8.78 Å². The molecule has 1 fully saturated rings. The number of benzene rings is 1. The minimum atomic E-state index is -0.516. The normalized spacial score (nSPS) is 20.7. The van der Waals surface area contributed by atoms with Crippen molar-refractivity contribution >= 4 is 0 Å². The zero-order valence-corrected chi connectivity index (χ0v) is 11.1. The topological polar surface area (TPSA) is 26.0 Å². The summed E-state index contributed by atoms with van der Waals surface area (Å²) in [5.41, 5.74) is 7.11. The lowest BCUT2D eigenvalue weighted by molar-refractivity contribution is 0.167. The molecule has 0 aromatic heterocycles. The molecule has 1 saturated carbocycles. The van der Waals surface area contributed by atoms with E-state index >= 15 is 0 Å². The van der Waals surface area contributed by atoms with Gasteiger partial charge in [-0.3, -0.25) is 0 Å². The Morgan fingerprint density at radius 3 is 2.33 bits per heavy atom. The number of aryl methyl sites for hydroxylation is 1. The van der Waals surface area contributed by atoms with Crippen LogP contribution in [0.1, 0.15) is 56.2 Å². The Bertz CT molecular complexity index is 436. The number of hydrogen-bond donors (Lipinski definition) is 1. The van der Waals surface area contributed by atoms with Gasteiger partial charge < -0.3 is 5.73 Å². The Labute approximate surface area is 107 Å². The van der Waals surface area contributed by atoms with Crippen LogP contribution in [0.15, 0.2) is 12.1 Å². The Hall–Kier alpha value is -0.960. The standard InChI is InChI=1S/C15H21F2N/c1-10-8-11(13(17)9-12(10)16)14(18)15(2)6-4-3-5-7-15/h8-9,14H,3-7,18H2,1-2H3. The van der Waals surface area contributed by atoms with E-state index < -0.39 is 11.6 Å². The molecule has 0 amide bonds. The Morgan fingerprint density at radius 2 is 1.72 bits per heavy atom. The quantitative estimate of drug-likeness (QED) is 0.838. The van der Waals surface area contributed by atoms with E-state index in [1.807, 2.05) is 0 Å². The molecule has 0 spiro atoms. The number of halogens is 2. The molecule has 0 saturated heterocycles. The fraction of sp³-hybridized carbons (Fsp3) is 0.600. The molecule has 0 heterocycles. The van der Waals surface area contributed by atoms with Gasteiger partial charge in [0, 0.05) is 17.7 Å². The molecular weight excluding hydrogens is 232 g/mol. The van der Waals surface area contributed by atoms with E-state index in [0.29, 0.717) is 11.1 Å². The fourth-order valence-electron chi connectivity index (χ4n) is 2.96. The summed E-state index contributed by atoms with van der Waals surface area (Å²) in [6, 6.07) is 2.17. The summed E-state index contributed by atoms with van der Waals surface area (Å²) in [7, 11) is 0. The Kier molecular flexibility index (Phi) is 3.71. The smallest absolute Gasteiger partial charge is 0.130 e. The molecule has 3 heteroatoms. The second kappa shape index (κ2) is 4.96. The summed E-state index contributed by atoms with van der Waals surface area (Å²) >= 11 is 0. The van der Waals surface area contributed by atoms with Crippen molar-refractivity contribution in [2.24, 2.45) is 11.1 Å². The third-order valence-electron chi connectivity index (χ3n) is 4.36. The third kappa shape index (κ3) is 2.41. The highest BCUT2D eigenvalue weighted by atomic mass is 19.1. The average Bonchev–Trinajstić information content (AvgIpc) is 2.34. The van der Waals surface area contributed by atoms with Crippen LogP contribution in [0, 0.1) is 24.0 Å². The Morgan fingerprint density at radius 1 is 1.11 bits per heavy atom. The number of rotatable bonds is 2. The van der Waals surface area contributed by atoms with Crippen LogP contribution in [0.2, 0.25) is 0 Å². The Balaban J connectivity index is 2.33. The largest absolute Gasteiger partial charge is 0.323 e. The van der Waals surface area contributed by atoms with E-state index in [0.717, 1.165) is 31.7 Å². The van der Waals surface area contributed by atoms with Crippen LogP contribution in [0.5, 0.6) is 0 Å². The average molecular weight is 253 g/mol. The van der Waals surface area contributed by atoms with Gasteiger partial charge in [-0.05, 0) is 36.8 Å². The summed E-state index contributed by atoms with van der Waals surface area (Å²) in [6.45, 7) is 3.77. The number of nitrogens with two attached hydrogens (primary N) is 1. The van der Waals surface area contributed by atoms with Crippen molar-refractivity contribution in [2.75, 3.05) is 0 Å². The summed E-state index contributed by atoms with van der Waals surface area (Å²) in [6.07, 6.45) is 5.55. The molecule has 18 heavy (non-hydrogen) atoms. The van der Waals surface area contributed by atoms with Gasteiger partial charge in [-0.2, -0.15) is 0 Å². The van der Waals surface area contributed by atoms with E-state index in [-0.39, 0.29) is 11.5 Å². The first-order chi connectivity index (χ1) is 8.44. The summed E-state index contributed by atoms with van der Waals surface area (Å²) in [4.78, 5) is 0. The van der Waals surface area contributed by atoms with Gasteiger partial charge in [0.1, 0.15) is 11.6 Å². The van der Waals surface area contributed by atoms with Gasteiger partial charge in [0.05, 0.1) is 0 Å². The van der Waals surface area contributed by atoms with E-state index in [9.17, 15) is 8.78 Å². The van der Waals surface area contributed by atoms with Crippen molar-refractivity contribution in [1.82, 2.24) is 0 Å². The molecule has 2 N–H and O–H groups in total. The third-order valence-corrected chi connectivity index (χ3v) is 4.36. The zero-order chi connectivity index (χ0) is 13.3. The highest BCUT2D eigenvalue weighted by molar-refractivity contribution is 5.29. The first-order valence-corrected chi connectivity index (χ1v) is 6.65. The molecule has 1 nitrogen and oxygen atoms in total. The zero-order valence-electron chi connectivity index (χ0n) is 11.1. The van der Waals surface area contributed by atoms with E-state index in [1.165, 1.54) is 6.42 Å². The summed E-state index contributed by atoms with van der Waals surface area (Å²) in [5.74, 6) is -1.02. The second-order valence-corrected chi connectivity index (χ2v) is 5.82. The SMILES string of the molecule is Cc1cc(C(N)C2(C)CCCCC2)c(F)cc1F. The van der Waals surface area contributed by atoms with Crippen LogP contribution in [-0.4, -0.2) is 0 Å². The van der Waals surface area contributed by atoms with Gasteiger partial charge in [-0.25, -0.2) is 8.78 Å². The van der Waals surface area contributed by atoms with Crippen LogP contribution in [0.4, 0.5) is 8.78 Å². The molecule has 0 aliphatic heterocycles. The second-order valence-electron chi connectivity index (χ2n) is 5.82. The molecule has 1 aromatic carbocycles. The molecule has 1 aromatic rings. The van der Waals surface area contributed by atoms with Crippen LogP contribution >= 0.6 is 0 Å². The maximum Gasteiger partial charge on any atom is 0.130 e. The molecule has 1 atom stereocenters. The molecule has 1 aliphatic rings.